The number of guanidine groups is 2. The summed E-state index contributed by atoms with van der Waals surface area (Å²) in [6, 6.07) is -7.14. The maximum atomic E-state index is 13.6. The first kappa shape index (κ1) is 51.6. The van der Waals surface area contributed by atoms with Crippen LogP contribution in [-0.2, 0) is 37.9 Å². The molecule has 3 unspecified atom stereocenters. The van der Waals surface area contributed by atoms with Crippen molar-refractivity contribution in [3.8, 4) is 0 Å². The van der Waals surface area contributed by atoms with E-state index in [4.69, 9.17) is 38.9 Å². The molecule has 0 saturated heterocycles. The average Bonchev–Trinajstić information content (AvgIpc) is 3.06. The van der Waals surface area contributed by atoms with Gasteiger partial charge in [0.05, 0.1) is 24.7 Å². The van der Waals surface area contributed by atoms with E-state index in [1.54, 1.807) is 0 Å². The van der Waals surface area contributed by atoms with Crippen LogP contribution in [0.25, 0.3) is 0 Å². The van der Waals surface area contributed by atoms with Crippen molar-refractivity contribution >= 4 is 54.8 Å². The summed E-state index contributed by atoms with van der Waals surface area (Å²) in [5, 5.41) is 12.6. The number of carbonyl (C=O) groups excluding carboxylic acids is 6. The number of Topliss-reactive ketones (excluding diaryl/α,β-unsaturated/α-hetero) is 1. The van der Waals surface area contributed by atoms with Crippen molar-refractivity contribution in [2.75, 3.05) is 26.3 Å². The Morgan fingerprint density at radius 3 is 1.52 bits per heavy atom. The molecule has 0 radical (unpaired) electrons. The number of ketones is 1. The minimum Gasteiger partial charge on any atom is -0.370 e. The van der Waals surface area contributed by atoms with Gasteiger partial charge in [-0.1, -0.05) is 27.7 Å². The van der Waals surface area contributed by atoms with E-state index in [0.29, 0.717) is 12.8 Å². The average molecular weight is 820 g/mol. The lowest BCUT2D eigenvalue weighted by Crippen LogP contribution is -2.59. The van der Waals surface area contributed by atoms with Gasteiger partial charge in [0.25, 0.3) is 0 Å². The van der Waals surface area contributed by atoms with Crippen LogP contribution in [0, 0.1) is 11.8 Å². The molecule has 0 heterocycles. The van der Waals surface area contributed by atoms with Crippen molar-refractivity contribution in [2.24, 2.45) is 56.2 Å². The Labute approximate surface area is 328 Å². The van der Waals surface area contributed by atoms with Crippen molar-refractivity contribution in [3.05, 3.63) is 0 Å². The molecule has 23 heteroatoms. The summed E-state index contributed by atoms with van der Waals surface area (Å²) >= 11 is 0. The van der Waals surface area contributed by atoms with E-state index in [0.717, 1.165) is 6.66 Å². The van der Waals surface area contributed by atoms with E-state index in [1.165, 1.54) is 13.8 Å². The van der Waals surface area contributed by atoms with E-state index in [-0.39, 0.29) is 62.5 Å². The Morgan fingerprint density at radius 2 is 1.09 bits per heavy atom. The van der Waals surface area contributed by atoms with Crippen LogP contribution < -0.4 is 61.0 Å². The van der Waals surface area contributed by atoms with Crippen LogP contribution in [-0.4, -0.2) is 121 Å². The summed E-state index contributed by atoms with van der Waals surface area (Å²) in [5.41, 5.74) is 33.6. The normalized spacial score (nSPS) is 16.1. The number of nitrogens with one attached hydrogen (secondary N) is 5. The number of nitrogens with zero attached hydrogens (tertiary/aromatic N) is 2. The second kappa shape index (κ2) is 25.7. The zero-order valence-corrected chi connectivity index (χ0v) is 34.5. The molecule has 56 heavy (non-hydrogen) atoms. The Balaban J connectivity index is 6.18. The largest absolute Gasteiger partial charge is 0.370 e. The number of hydrogen-bond acceptors (Lipinski definition) is 12. The van der Waals surface area contributed by atoms with Crippen LogP contribution in [0.2, 0.25) is 0 Å². The van der Waals surface area contributed by atoms with E-state index < -0.39 is 91.8 Å². The summed E-state index contributed by atoms with van der Waals surface area (Å²) in [7, 11) is -4.16. The SMILES string of the molecule is CC(C)C[C@H](N)C(=O)NCC(=O)C(NC(=O)[C@H](C)NC(=O)[C@H](CCCN=C(N)N)NC(=O)[C@H](CCCN=C(N)N)NC(=O)[C@@H](N)CC(C)C)C(C)OP(C)(=O)O. The lowest BCUT2D eigenvalue weighted by Gasteiger charge is -2.28. The molecule has 0 aliphatic heterocycles. The molecule has 0 aromatic rings. The van der Waals surface area contributed by atoms with Gasteiger partial charge in [-0.05, 0) is 64.2 Å². The van der Waals surface area contributed by atoms with Gasteiger partial charge in [-0.2, -0.15) is 0 Å². The van der Waals surface area contributed by atoms with Gasteiger partial charge < -0.3 is 70.4 Å². The topological polar surface area (TPSA) is 390 Å². The van der Waals surface area contributed by atoms with Crippen molar-refractivity contribution in [1.29, 1.82) is 0 Å². The zero-order valence-electron chi connectivity index (χ0n) is 33.6. The van der Waals surface area contributed by atoms with Crippen molar-refractivity contribution in [1.82, 2.24) is 26.6 Å². The highest BCUT2D eigenvalue weighted by Gasteiger charge is 2.34. The number of nitrogens with two attached hydrogens (primary N) is 6. The maximum Gasteiger partial charge on any atom is 0.325 e. The first-order valence-corrected chi connectivity index (χ1v) is 20.5. The molecule has 0 aliphatic rings. The van der Waals surface area contributed by atoms with Gasteiger partial charge in [0.1, 0.15) is 24.2 Å². The molecule has 18 N–H and O–H groups in total. The highest BCUT2D eigenvalue weighted by atomic mass is 31.2. The number of hydrogen-bond donors (Lipinski definition) is 12. The Bertz CT molecular complexity index is 1420. The van der Waals surface area contributed by atoms with Gasteiger partial charge in [0.2, 0.25) is 29.5 Å². The summed E-state index contributed by atoms with van der Waals surface area (Å²) < 4.78 is 17.1. The molecular formula is C33H66N13O9P. The molecule has 8 atom stereocenters. The van der Waals surface area contributed by atoms with Crippen molar-refractivity contribution in [3.63, 3.8) is 0 Å². The highest BCUT2D eigenvalue weighted by molar-refractivity contribution is 7.51. The maximum absolute atomic E-state index is 13.6. The monoisotopic (exact) mass is 819 g/mol. The van der Waals surface area contributed by atoms with Gasteiger partial charge in [0, 0.05) is 19.8 Å². The van der Waals surface area contributed by atoms with Gasteiger partial charge in [0.15, 0.2) is 17.7 Å². The molecule has 0 aliphatic carbocycles. The third kappa shape index (κ3) is 22.9. The molecule has 0 bridgehead atoms. The van der Waals surface area contributed by atoms with E-state index in [9.17, 15) is 38.2 Å². The number of amides is 5. The minimum absolute atomic E-state index is 0.0167. The van der Waals surface area contributed by atoms with Gasteiger partial charge in [-0.3, -0.25) is 43.3 Å². The van der Waals surface area contributed by atoms with Crippen LogP contribution in [0.3, 0.4) is 0 Å². The second-order valence-electron chi connectivity index (χ2n) is 14.5. The Hall–Kier alpha value is -4.37. The number of rotatable bonds is 27. The summed E-state index contributed by atoms with van der Waals surface area (Å²) in [6.07, 6.45) is -0.133. The van der Waals surface area contributed by atoms with Crippen molar-refractivity contribution in [2.45, 2.75) is 122 Å². The van der Waals surface area contributed by atoms with Crippen molar-refractivity contribution < 1.29 is 42.7 Å². The van der Waals surface area contributed by atoms with E-state index in [2.05, 4.69) is 36.6 Å². The standard InChI is InChI=1S/C33H66N13O9P/c1-17(2)14-21(34)28(49)42-16-25(47)26(20(6)55-56(7,53)54)46-27(48)19(5)43-30(51)23(10-8-12-40-32(36)37)45-31(52)24(11-9-13-41-33(38)39)44-29(50)22(35)15-18(3)4/h17-24,26H,8-16,34-35H2,1-7H3,(H,42,49)(H,43,51)(H,44,50)(H,45,52)(H,46,48)(H,53,54)(H4,36,37,40)(H4,38,39,41)/t19-,20?,21-,22-,23-,24-,26?/m0/s1. The molecule has 0 spiro atoms. The van der Waals surface area contributed by atoms with Gasteiger partial charge >= 0.3 is 7.60 Å². The van der Waals surface area contributed by atoms with Crippen LogP contribution >= 0.6 is 7.60 Å². The minimum atomic E-state index is -4.16. The molecular weight excluding hydrogens is 753 g/mol. The fourth-order valence-corrected chi connectivity index (χ4v) is 5.97. The Morgan fingerprint density at radius 1 is 0.661 bits per heavy atom. The van der Waals surface area contributed by atoms with Crippen LogP contribution in [0.4, 0.5) is 0 Å². The molecule has 0 aromatic heterocycles. The lowest BCUT2D eigenvalue weighted by atomic mass is 10.0. The first-order chi connectivity index (χ1) is 25.8. The van der Waals surface area contributed by atoms with Gasteiger partial charge in [-0.25, -0.2) is 0 Å². The highest BCUT2D eigenvalue weighted by Crippen LogP contribution is 2.38. The van der Waals surface area contributed by atoms with Crippen LogP contribution in [0.1, 0.15) is 80.1 Å². The second-order valence-corrected chi connectivity index (χ2v) is 16.3. The van der Waals surface area contributed by atoms with E-state index >= 15 is 0 Å². The van der Waals surface area contributed by atoms with Crippen LogP contribution in [0.15, 0.2) is 9.98 Å². The fraction of sp³-hybridized carbons (Fsp3) is 0.758. The molecule has 322 valence electrons. The molecule has 0 rings (SSSR count). The quantitative estimate of drug-likeness (QED) is 0.0167. The summed E-state index contributed by atoms with van der Waals surface area (Å²) in [5.74, 6) is -4.61. The third-order valence-corrected chi connectivity index (χ3v) is 8.67. The predicted octanol–water partition coefficient (Wildman–Crippen LogP) is -3.29. The molecule has 0 aromatic carbocycles. The number of carbonyl (C=O) groups is 6. The lowest BCUT2D eigenvalue weighted by molar-refractivity contribution is -0.135. The first-order valence-electron chi connectivity index (χ1n) is 18.5. The summed E-state index contributed by atoms with van der Waals surface area (Å²) in [4.78, 5) is 96.8. The number of aliphatic imine (C=N–C) groups is 2. The molecule has 0 saturated carbocycles. The van der Waals surface area contributed by atoms with Crippen LogP contribution in [0.5, 0.6) is 0 Å². The predicted molar refractivity (Wildman–Crippen MR) is 212 cm³/mol. The molecule has 5 amide bonds. The molecule has 0 fully saturated rings. The third-order valence-electron chi connectivity index (χ3n) is 7.95. The van der Waals surface area contributed by atoms with Gasteiger partial charge in [-0.15, -0.1) is 0 Å². The zero-order chi connectivity index (χ0) is 43.3. The fourth-order valence-electron chi connectivity index (χ4n) is 5.23. The Kier molecular flexibility index (Phi) is 23.7. The van der Waals surface area contributed by atoms with E-state index in [1.807, 2.05) is 27.7 Å². The smallest absolute Gasteiger partial charge is 0.325 e. The summed E-state index contributed by atoms with van der Waals surface area (Å²) in [6.45, 7) is 10.6. The molecule has 22 nitrogen and oxygen atoms in total.